The maximum Gasteiger partial charge on any atom is 0.0697 e. The number of hydrogen-bond acceptors (Lipinski definition) is 3. The SMILES string of the molecule is NCCCN(Cc1ccccc1)C1CCOC2(CCC2)C1. The molecule has 2 aliphatic rings. The van der Waals surface area contributed by atoms with Gasteiger partial charge in [0, 0.05) is 19.2 Å². The summed E-state index contributed by atoms with van der Waals surface area (Å²) in [6.45, 7) is 3.85. The molecule has 116 valence electrons. The van der Waals surface area contributed by atoms with E-state index in [-0.39, 0.29) is 5.60 Å². The Kier molecular flexibility index (Phi) is 4.94. The summed E-state index contributed by atoms with van der Waals surface area (Å²) >= 11 is 0. The number of nitrogens with zero attached hydrogens (tertiary/aromatic N) is 1. The molecule has 0 radical (unpaired) electrons. The molecule has 0 bridgehead atoms. The highest BCUT2D eigenvalue weighted by molar-refractivity contribution is 5.14. The van der Waals surface area contributed by atoms with Gasteiger partial charge in [-0.2, -0.15) is 0 Å². The van der Waals surface area contributed by atoms with E-state index in [9.17, 15) is 0 Å². The van der Waals surface area contributed by atoms with Crippen molar-refractivity contribution in [1.82, 2.24) is 4.90 Å². The Morgan fingerprint density at radius 2 is 2.05 bits per heavy atom. The summed E-state index contributed by atoms with van der Waals surface area (Å²) < 4.78 is 6.09. The van der Waals surface area contributed by atoms with Gasteiger partial charge in [0.2, 0.25) is 0 Å². The van der Waals surface area contributed by atoms with Crippen molar-refractivity contribution in [3.63, 3.8) is 0 Å². The fourth-order valence-corrected chi connectivity index (χ4v) is 3.74. The van der Waals surface area contributed by atoms with Gasteiger partial charge in [-0.05, 0) is 57.2 Å². The molecule has 1 saturated carbocycles. The summed E-state index contributed by atoms with van der Waals surface area (Å²) in [5.41, 5.74) is 7.37. The van der Waals surface area contributed by atoms with Crippen molar-refractivity contribution in [2.45, 2.75) is 56.7 Å². The Morgan fingerprint density at radius 3 is 2.71 bits per heavy atom. The first-order valence-electron chi connectivity index (χ1n) is 8.43. The minimum absolute atomic E-state index is 0.223. The lowest BCUT2D eigenvalue weighted by Gasteiger charge is -2.49. The Morgan fingerprint density at radius 1 is 1.24 bits per heavy atom. The standard InChI is InChI=1S/C18H28N2O/c19-11-5-12-20(15-16-6-2-1-3-7-16)17-8-13-21-18(14-17)9-4-10-18/h1-3,6-7,17H,4-5,8-15,19H2. The van der Waals surface area contributed by atoms with Gasteiger partial charge in [0.1, 0.15) is 0 Å². The molecule has 1 aliphatic carbocycles. The lowest BCUT2D eigenvalue weighted by molar-refractivity contribution is -0.149. The van der Waals surface area contributed by atoms with Gasteiger partial charge in [-0.3, -0.25) is 4.90 Å². The van der Waals surface area contributed by atoms with Crippen molar-refractivity contribution in [3.8, 4) is 0 Å². The first kappa shape index (κ1) is 15.0. The van der Waals surface area contributed by atoms with Crippen molar-refractivity contribution in [2.24, 2.45) is 5.73 Å². The predicted octanol–water partition coefficient (Wildman–Crippen LogP) is 2.94. The van der Waals surface area contributed by atoms with Crippen LogP contribution in [0.25, 0.3) is 0 Å². The molecule has 1 atom stereocenters. The third-order valence-corrected chi connectivity index (χ3v) is 5.13. The molecule has 2 N–H and O–H groups in total. The number of benzene rings is 1. The van der Waals surface area contributed by atoms with Crippen LogP contribution in [0.4, 0.5) is 0 Å². The molecular weight excluding hydrogens is 260 g/mol. The second-order valence-corrected chi connectivity index (χ2v) is 6.63. The van der Waals surface area contributed by atoms with Crippen molar-refractivity contribution in [3.05, 3.63) is 35.9 Å². The van der Waals surface area contributed by atoms with Gasteiger partial charge in [0.25, 0.3) is 0 Å². The number of ether oxygens (including phenoxy) is 1. The van der Waals surface area contributed by atoms with Crippen molar-refractivity contribution in [2.75, 3.05) is 19.7 Å². The topological polar surface area (TPSA) is 38.5 Å². The summed E-state index contributed by atoms with van der Waals surface area (Å²) in [6.07, 6.45) is 7.33. The van der Waals surface area contributed by atoms with E-state index in [1.165, 1.54) is 37.7 Å². The van der Waals surface area contributed by atoms with Gasteiger partial charge in [0.15, 0.2) is 0 Å². The summed E-state index contributed by atoms with van der Waals surface area (Å²) in [7, 11) is 0. The minimum atomic E-state index is 0.223. The van der Waals surface area contributed by atoms with Crippen LogP contribution in [-0.2, 0) is 11.3 Å². The zero-order valence-electron chi connectivity index (χ0n) is 13.0. The molecule has 1 aromatic carbocycles. The monoisotopic (exact) mass is 288 g/mol. The summed E-state index contributed by atoms with van der Waals surface area (Å²) in [5.74, 6) is 0. The lowest BCUT2D eigenvalue weighted by atomic mass is 9.73. The highest BCUT2D eigenvalue weighted by Crippen LogP contribution is 2.43. The zero-order chi connectivity index (χ0) is 14.5. The first-order chi connectivity index (χ1) is 10.3. The average Bonchev–Trinajstić information content (AvgIpc) is 2.51. The highest BCUT2D eigenvalue weighted by Gasteiger charge is 2.43. The Labute approximate surface area is 128 Å². The largest absolute Gasteiger partial charge is 0.375 e. The second-order valence-electron chi connectivity index (χ2n) is 6.63. The van der Waals surface area contributed by atoms with Gasteiger partial charge in [-0.1, -0.05) is 30.3 Å². The van der Waals surface area contributed by atoms with Gasteiger partial charge < -0.3 is 10.5 Å². The van der Waals surface area contributed by atoms with Crippen LogP contribution >= 0.6 is 0 Å². The number of hydrogen-bond donors (Lipinski definition) is 1. The Bertz CT molecular complexity index is 430. The van der Waals surface area contributed by atoms with Gasteiger partial charge in [-0.15, -0.1) is 0 Å². The van der Waals surface area contributed by atoms with Gasteiger partial charge >= 0.3 is 0 Å². The molecule has 0 amide bonds. The minimum Gasteiger partial charge on any atom is -0.375 e. The van der Waals surface area contributed by atoms with Crippen LogP contribution < -0.4 is 5.73 Å². The van der Waals surface area contributed by atoms with E-state index in [0.717, 1.165) is 32.7 Å². The second kappa shape index (κ2) is 6.91. The third-order valence-electron chi connectivity index (χ3n) is 5.13. The Hall–Kier alpha value is -0.900. The molecule has 1 unspecified atom stereocenters. The summed E-state index contributed by atoms with van der Waals surface area (Å²) in [6, 6.07) is 11.5. The molecule has 0 aromatic heterocycles. The quantitative estimate of drug-likeness (QED) is 0.874. The van der Waals surface area contributed by atoms with Crippen LogP contribution in [0.3, 0.4) is 0 Å². The van der Waals surface area contributed by atoms with E-state index >= 15 is 0 Å². The van der Waals surface area contributed by atoms with Crippen LogP contribution in [-0.4, -0.2) is 36.2 Å². The average molecular weight is 288 g/mol. The van der Waals surface area contributed by atoms with E-state index in [2.05, 4.69) is 35.2 Å². The molecule has 3 rings (SSSR count). The maximum atomic E-state index is 6.09. The van der Waals surface area contributed by atoms with Crippen molar-refractivity contribution >= 4 is 0 Å². The molecule has 3 heteroatoms. The number of nitrogens with two attached hydrogens (primary N) is 1. The van der Waals surface area contributed by atoms with Crippen LogP contribution in [0.1, 0.15) is 44.1 Å². The third kappa shape index (κ3) is 3.65. The summed E-state index contributed by atoms with van der Waals surface area (Å²) in [5, 5.41) is 0. The van der Waals surface area contributed by atoms with Crippen LogP contribution in [0.5, 0.6) is 0 Å². The molecule has 1 heterocycles. The van der Waals surface area contributed by atoms with Crippen molar-refractivity contribution in [1.29, 1.82) is 0 Å². The highest BCUT2D eigenvalue weighted by atomic mass is 16.5. The summed E-state index contributed by atoms with van der Waals surface area (Å²) in [4.78, 5) is 2.64. The van der Waals surface area contributed by atoms with Crippen LogP contribution in [0.15, 0.2) is 30.3 Å². The molecule has 1 aliphatic heterocycles. The molecule has 1 saturated heterocycles. The van der Waals surface area contributed by atoms with E-state index in [1.54, 1.807) is 0 Å². The molecule has 3 nitrogen and oxygen atoms in total. The fraction of sp³-hybridized carbons (Fsp3) is 0.667. The Balaban J connectivity index is 1.66. The first-order valence-corrected chi connectivity index (χ1v) is 8.43. The van der Waals surface area contributed by atoms with Crippen LogP contribution in [0, 0.1) is 0 Å². The molecular formula is C18H28N2O. The van der Waals surface area contributed by atoms with E-state index in [1.807, 2.05) is 0 Å². The molecule has 1 spiro atoms. The fourth-order valence-electron chi connectivity index (χ4n) is 3.74. The van der Waals surface area contributed by atoms with Gasteiger partial charge in [-0.25, -0.2) is 0 Å². The normalized spacial score (nSPS) is 24.2. The van der Waals surface area contributed by atoms with Crippen molar-refractivity contribution < 1.29 is 4.74 Å². The predicted molar refractivity (Wildman–Crippen MR) is 86.1 cm³/mol. The maximum absolute atomic E-state index is 6.09. The van der Waals surface area contributed by atoms with E-state index in [0.29, 0.717) is 6.04 Å². The van der Waals surface area contributed by atoms with E-state index in [4.69, 9.17) is 10.5 Å². The molecule has 21 heavy (non-hydrogen) atoms. The molecule has 1 aromatic rings. The van der Waals surface area contributed by atoms with Gasteiger partial charge in [0.05, 0.1) is 5.60 Å². The smallest absolute Gasteiger partial charge is 0.0697 e. The zero-order valence-corrected chi connectivity index (χ0v) is 13.0. The number of rotatable bonds is 6. The molecule has 2 fully saturated rings. The van der Waals surface area contributed by atoms with Crippen LogP contribution in [0.2, 0.25) is 0 Å². The van der Waals surface area contributed by atoms with E-state index < -0.39 is 0 Å². The lowest BCUT2D eigenvalue weighted by Crippen LogP contribution is -2.52.